The number of ketones is 2. The monoisotopic (exact) mass is 370 g/mol. The van der Waals surface area contributed by atoms with Crippen molar-refractivity contribution >= 4 is 11.6 Å². The first kappa shape index (κ1) is 18.8. The molecule has 146 valence electrons. The minimum absolute atomic E-state index is 0.0261. The van der Waals surface area contributed by atoms with E-state index in [1.165, 1.54) is 11.1 Å². The summed E-state index contributed by atoms with van der Waals surface area (Å²) in [7, 11) is 0. The summed E-state index contributed by atoms with van der Waals surface area (Å²) in [4.78, 5) is 24.7. The van der Waals surface area contributed by atoms with E-state index in [0.717, 1.165) is 19.3 Å². The van der Waals surface area contributed by atoms with Crippen molar-refractivity contribution in [2.45, 2.75) is 58.5 Å². The Morgan fingerprint density at radius 1 is 1.37 bits per heavy atom. The Morgan fingerprint density at radius 2 is 2.07 bits per heavy atom. The molecule has 6 atom stereocenters. The Balaban J connectivity index is 1.80. The molecule has 0 radical (unpaired) electrons. The Labute approximate surface area is 161 Å². The zero-order valence-corrected chi connectivity index (χ0v) is 16.5. The molecule has 0 aromatic carbocycles. The number of aliphatic hydroxyl groups excluding tert-OH is 1. The van der Waals surface area contributed by atoms with Crippen molar-refractivity contribution in [1.82, 2.24) is 0 Å². The molecule has 2 saturated carbocycles. The van der Waals surface area contributed by atoms with Crippen LogP contribution in [0.25, 0.3) is 0 Å². The quantitative estimate of drug-likeness (QED) is 0.732. The van der Waals surface area contributed by atoms with Crippen LogP contribution in [0.5, 0.6) is 0 Å². The minimum atomic E-state index is -1.65. The smallest absolute Gasteiger partial charge is 0.194 e. The van der Waals surface area contributed by atoms with Crippen LogP contribution in [0, 0.1) is 28.6 Å². The molecule has 2 fully saturated rings. The van der Waals surface area contributed by atoms with E-state index in [-0.39, 0.29) is 29.0 Å². The number of allylic oxidation sites excluding steroid dienone is 4. The molecular weight excluding hydrogens is 340 g/mol. The lowest BCUT2D eigenvalue weighted by Gasteiger charge is -2.54. The molecule has 3 unspecified atom stereocenters. The third-order valence-electron chi connectivity index (χ3n) is 8.39. The van der Waals surface area contributed by atoms with Gasteiger partial charge in [0.15, 0.2) is 17.2 Å². The third kappa shape index (κ3) is 2.17. The molecule has 4 rings (SSSR count). The van der Waals surface area contributed by atoms with E-state index in [1.54, 1.807) is 0 Å². The first-order valence-electron chi connectivity index (χ1n) is 10.1. The molecule has 4 nitrogen and oxygen atoms in total. The van der Waals surface area contributed by atoms with Gasteiger partial charge in [-0.15, -0.1) is 0 Å². The fourth-order valence-electron chi connectivity index (χ4n) is 6.79. The van der Waals surface area contributed by atoms with Gasteiger partial charge in [-0.2, -0.15) is 0 Å². The van der Waals surface area contributed by atoms with Crippen LogP contribution in [0.3, 0.4) is 0 Å². The fourth-order valence-corrected chi connectivity index (χ4v) is 6.79. The second kappa shape index (κ2) is 5.74. The second-order valence-corrected chi connectivity index (χ2v) is 9.64. The van der Waals surface area contributed by atoms with E-state index in [1.807, 2.05) is 19.9 Å². The molecular formula is C23H30O4. The number of rotatable bonds is 2. The van der Waals surface area contributed by atoms with Gasteiger partial charge < -0.3 is 10.2 Å². The summed E-state index contributed by atoms with van der Waals surface area (Å²) >= 11 is 0. The highest BCUT2D eigenvalue weighted by Crippen LogP contribution is 2.66. The van der Waals surface area contributed by atoms with Crippen LogP contribution in [-0.2, 0) is 9.59 Å². The highest BCUT2D eigenvalue weighted by atomic mass is 16.3. The van der Waals surface area contributed by atoms with Crippen molar-refractivity contribution in [3.63, 3.8) is 0 Å². The van der Waals surface area contributed by atoms with E-state index in [4.69, 9.17) is 0 Å². The van der Waals surface area contributed by atoms with Crippen molar-refractivity contribution in [2.75, 3.05) is 6.61 Å². The lowest BCUT2D eigenvalue weighted by molar-refractivity contribution is -0.150. The van der Waals surface area contributed by atoms with Gasteiger partial charge in [0.1, 0.15) is 6.61 Å². The van der Waals surface area contributed by atoms with E-state index >= 15 is 0 Å². The summed E-state index contributed by atoms with van der Waals surface area (Å²) in [6, 6.07) is 0. The van der Waals surface area contributed by atoms with Gasteiger partial charge in [-0.3, -0.25) is 9.59 Å². The van der Waals surface area contributed by atoms with Crippen molar-refractivity contribution in [1.29, 1.82) is 0 Å². The molecule has 4 aliphatic carbocycles. The maximum atomic E-state index is 12.5. The van der Waals surface area contributed by atoms with Crippen molar-refractivity contribution in [3.05, 3.63) is 35.5 Å². The van der Waals surface area contributed by atoms with E-state index in [0.29, 0.717) is 18.4 Å². The molecule has 4 heteroatoms. The number of Topliss-reactive ketones (excluding diaryl/α,β-unsaturated/α-hetero) is 1. The van der Waals surface area contributed by atoms with Crippen molar-refractivity contribution in [3.8, 4) is 0 Å². The van der Waals surface area contributed by atoms with Crippen LogP contribution in [0.2, 0.25) is 0 Å². The van der Waals surface area contributed by atoms with Crippen LogP contribution >= 0.6 is 0 Å². The molecule has 0 aromatic heterocycles. The molecule has 0 spiro atoms. The maximum Gasteiger partial charge on any atom is 0.194 e. The maximum absolute atomic E-state index is 12.5. The SMILES string of the molecule is C=C1CC2C3CCC4=CC(=O)C(C)C[C@]4(C)C3=CC[C@]2(C)[C@@]1(O)C(=O)CO. The van der Waals surface area contributed by atoms with Crippen LogP contribution in [0.4, 0.5) is 0 Å². The van der Waals surface area contributed by atoms with Crippen LogP contribution < -0.4 is 0 Å². The van der Waals surface area contributed by atoms with Gasteiger partial charge in [-0.05, 0) is 55.6 Å². The lowest BCUT2D eigenvalue weighted by Crippen LogP contribution is -2.56. The summed E-state index contributed by atoms with van der Waals surface area (Å²) < 4.78 is 0. The molecule has 27 heavy (non-hydrogen) atoms. The fraction of sp³-hybridized carbons (Fsp3) is 0.652. The van der Waals surface area contributed by atoms with Gasteiger partial charge in [0.2, 0.25) is 0 Å². The first-order chi connectivity index (χ1) is 12.6. The average molecular weight is 370 g/mol. The number of hydrogen-bond acceptors (Lipinski definition) is 4. The van der Waals surface area contributed by atoms with Gasteiger partial charge in [0, 0.05) is 16.7 Å². The predicted octanol–water partition coefficient (Wildman–Crippen LogP) is 3.14. The summed E-state index contributed by atoms with van der Waals surface area (Å²) in [5, 5.41) is 20.8. The summed E-state index contributed by atoms with van der Waals surface area (Å²) in [6.45, 7) is 9.63. The molecule has 0 aromatic rings. The molecule has 0 aliphatic heterocycles. The predicted molar refractivity (Wildman–Crippen MR) is 103 cm³/mol. The molecule has 2 N–H and O–H groups in total. The van der Waals surface area contributed by atoms with E-state index < -0.39 is 23.4 Å². The van der Waals surface area contributed by atoms with Gasteiger partial charge in [-0.1, -0.05) is 44.6 Å². The summed E-state index contributed by atoms with van der Waals surface area (Å²) in [5.74, 6) is 0.145. The molecule has 0 bridgehead atoms. The number of carbonyl (C=O) groups is 2. The van der Waals surface area contributed by atoms with Crippen LogP contribution in [0.15, 0.2) is 35.5 Å². The number of aliphatic hydroxyl groups is 2. The Morgan fingerprint density at radius 3 is 2.74 bits per heavy atom. The lowest BCUT2D eigenvalue weighted by atomic mass is 9.50. The topological polar surface area (TPSA) is 74.6 Å². The van der Waals surface area contributed by atoms with Crippen molar-refractivity contribution in [2.24, 2.45) is 28.6 Å². The Bertz CT molecular complexity index is 805. The average Bonchev–Trinajstić information content (AvgIpc) is 2.83. The largest absolute Gasteiger partial charge is 0.388 e. The second-order valence-electron chi connectivity index (χ2n) is 9.64. The van der Waals surface area contributed by atoms with Crippen molar-refractivity contribution < 1.29 is 19.8 Å². The number of fused-ring (bicyclic) bond motifs is 5. The highest BCUT2D eigenvalue weighted by molar-refractivity contribution is 5.94. The minimum Gasteiger partial charge on any atom is -0.388 e. The van der Waals surface area contributed by atoms with Gasteiger partial charge in [-0.25, -0.2) is 0 Å². The Kier molecular flexibility index (Phi) is 4.00. The first-order valence-corrected chi connectivity index (χ1v) is 10.1. The number of hydrogen-bond donors (Lipinski definition) is 2. The van der Waals surface area contributed by atoms with Crippen LogP contribution in [-0.4, -0.2) is 34.0 Å². The molecule has 0 amide bonds. The zero-order valence-electron chi connectivity index (χ0n) is 16.5. The standard InChI is InChI=1S/C23H30O4/c1-13-11-21(3)15(10-19(13)25)5-6-16-17(21)7-8-22(4)18(16)9-14(2)23(22,27)20(26)12-24/h7,10,13,16,18,24,27H,2,5-6,8-9,11-12H2,1,3-4H3/t13?,16?,18?,21-,22-,23-/m0/s1. The molecule has 0 heterocycles. The zero-order chi connectivity index (χ0) is 19.8. The van der Waals surface area contributed by atoms with E-state index in [2.05, 4.69) is 19.6 Å². The van der Waals surface area contributed by atoms with E-state index in [9.17, 15) is 19.8 Å². The van der Waals surface area contributed by atoms with Gasteiger partial charge in [0.25, 0.3) is 0 Å². The molecule has 4 aliphatic rings. The summed E-state index contributed by atoms with van der Waals surface area (Å²) in [6.07, 6.45) is 7.97. The summed E-state index contributed by atoms with van der Waals surface area (Å²) in [5.41, 5.74) is 0.793. The highest BCUT2D eigenvalue weighted by Gasteiger charge is 2.66. The van der Waals surface area contributed by atoms with Gasteiger partial charge >= 0.3 is 0 Å². The third-order valence-corrected chi connectivity index (χ3v) is 8.39. The Hall–Kier alpha value is -1.52. The number of carbonyl (C=O) groups excluding carboxylic acids is 2. The van der Waals surface area contributed by atoms with Gasteiger partial charge in [0.05, 0.1) is 0 Å². The normalized spacial score (nSPS) is 46.2. The van der Waals surface area contributed by atoms with Crippen LogP contribution in [0.1, 0.15) is 52.9 Å². The molecule has 0 saturated heterocycles.